The van der Waals surface area contributed by atoms with Crippen molar-refractivity contribution >= 4 is 27.5 Å². The van der Waals surface area contributed by atoms with E-state index in [1.54, 1.807) is 16.2 Å². The summed E-state index contributed by atoms with van der Waals surface area (Å²) < 4.78 is 3.68. The molecule has 0 bridgehead atoms. The molecule has 2 aromatic heterocycles. The number of carbonyl (C=O) groups is 1. The van der Waals surface area contributed by atoms with Crippen molar-refractivity contribution in [2.75, 3.05) is 13.1 Å². The highest BCUT2D eigenvalue weighted by molar-refractivity contribution is 7.18. The highest BCUT2D eigenvalue weighted by Gasteiger charge is 2.26. The summed E-state index contributed by atoms with van der Waals surface area (Å²) in [5.74, 6) is 0.128. The van der Waals surface area contributed by atoms with E-state index >= 15 is 0 Å². The van der Waals surface area contributed by atoms with Crippen LogP contribution in [0.3, 0.4) is 0 Å². The number of para-hydroxylation sites is 1. The number of piperidine rings is 1. The Morgan fingerprint density at radius 3 is 2.45 bits per heavy atom. The number of benzene rings is 2. The monoisotopic (exact) mass is 460 g/mol. The van der Waals surface area contributed by atoms with Gasteiger partial charge in [-0.1, -0.05) is 42.5 Å². The lowest BCUT2D eigenvalue weighted by Gasteiger charge is -2.31. The first-order valence-corrected chi connectivity index (χ1v) is 11.9. The van der Waals surface area contributed by atoms with Gasteiger partial charge in [-0.3, -0.25) is 18.7 Å². The lowest BCUT2D eigenvalue weighted by Crippen LogP contribution is -2.46. The molecular weight excluding hydrogens is 436 g/mol. The third kappa shape index (κ3) is 4.52. The van der Waals surface area contributed by atoms with Gasteiger partial charge in [-0.25, -0.2) is 9.78 Å². The zero-order valence-electron chi connectivity index (χ0n) is 18.1. The van der Waals surface area contributed by atoms with Crippen molar-refractivity contribution < 1.29 is 4.79 Å². The molecule has 8 heteroatoms. The maximum Gasteiger partial charge on any atom is 0.331 e. The van der Waals surface area contributed by atoms with Gasteiger partial charge in [0, 0.05) is 31.3 Å². The molecule has 168 valence electrons. The molecule has 1 fully saturated rings. The second-order valence-electron chi connectivity index (χ2n) is 8.31. The molecule has 0 radical (unpaired) electrons. The first-order valence-electron chi connectivity index (χ1n) is 11.1. The van der Waals surface area contributed by atoms with Crippen LogP contribution in [0.2, 0.25) is 0 Å². The summed E-state index contributed by atoms with van der Waals surface area (Å²) >= 11 is 1.72. The van der Waals surface area contributed by atoms with Crippen LogP contribution < -0.4 is 11.2 Å². The summed E-state index contributed by atoms with van der Waals surface area (Å²) in [4.78, 5) is 44.7. The number of likely N-dealkylation sites (tertiary alicyclic amines) is 1. The first-order chi connectivity index (χ1) is 16.1. The van der Waals surface area contributed by atoms with E-state index in [1.807, 2.05) is 48.5 Å². The molecule has 1 saturated heterocycles. The van der Waals surface area contributed by atoms with Crippen molar-refractivity contribution in [3.8, 4) is 0 Å². The summed E-state index contributed by atoms with van der Waals surface area (Å²) in [6, 6.07) is 19.0. The van der Waals surface area contributed by atoms with Crippen molar-refractivity contribution in [3.63, 3.8) is 0 Å². The summed E-state index contributed by atoms with van der Waals surface area (Å²) in [5.41, 5.74) is 1.05. The SMILES string of the molecule is O=C(Cn1c(=O)ccn(Cc2ccccc2)c1=O)N1CCC(c2nc3ccccc3s2)CC1. The van der Waals surface area contributed by atoms with Crippen LogP contribution in [0.25, 0.3) is 10.2 Å². The summed E-state index contributed by atoms with van der Waals surface area (Å²) in [5, 5.41) is 1.12. The smallest absolute Gasteiger partial charge is 0.331 e. The number of hydrogen-bond acceptors (Lipinski definition) is 5. The van der Waals surface area contributed by atoms with Crippen LogP contribution in [0.15, 0.2) is 76.4 Å². The standard InChI is InChI=1S/C25H24N4O3S/c30-22-12-15-28(16-18-6-2-1-3-7-18)25(32)29(22)17-23(31)27-13-10-19(11-14-27)24-26-20-8-4-5-9-21(20)33-24/h1-9,12,15,19H,10-11,13-14,16-17H2. The van der Waals surface area contributed by atoms with E-state index in [0.717, 1.165) is 33.5 Å². The highest BCUT2D eigenvalue weighted by atomic mass is 32.1. The minimum absolute atomic E-state index is 0.200. The molecule has 0 N–H and O–H groups in total. The van der Waals surface area contributed by atoms with Crippen LogP contribution in [0.5, 0.6) is 0 Å². The Balaban J connectivity index is 1.26. The predicted molar refractivity (Wildman–Crippen MR) is 129 cm³/mol. The third-order valence-electron chi connectivity index (χ3n) is 6.14. The second kappa shape index (κ2) is 9.15. The molecule has 0 saturated carbocycles. The molecule has 3 heterocycles. The number of carbonyl (C=O) groups excluding carboxylic acids is 1. The van der Waals surface area contributed by atoms with E-state index in [1.165, 1.54) is 21.5 Å². The molecule has 7 nitrogen and oxygen atoms in total. The largest absolute Gasteiger partial charge is 0.341 e. The summed E-state index contributed by atoms with van der Waals surface area (Å²) in [6.07, 6.45) is 3.14. The number of hydrogen-bond donors (Lipinski definition) is 0. The normalized spacial score (nSPS) is 14.6. The Morgan fingerprint density at radius 2 is 1.70 bits per heavy atom. The van der Waals surface area contributed by atoms with Gasteiger partial charge in [-0.05, 0) is 30.5 Å². The van der Waals surface area contributed by atoms with Crippen molar-refractivity contribution in [3.05, 3.63) is 98.3 Å². The van der Waals surface area contributed by atoms with Crippen LogP contribution in [0.1, 0.15) is 29.3 Å². The molecular formula is C25H24N4O3S. The molecule has 1 amide bonds. The first kappa shape index (κ1) is 21.3. The molecule has 1 aliphatic rings. The Hall–Kier alpha value is -3.52. The van der Waals surface area contributed by atoms with Crippen LogP contribution in [0, 0.1) is 0 Å². The van der Waals surface area contributed by atoms with E-state index in [-0.39, 0.29) is 12.5 Å². The molecule has 0 aliphatic carbocycles. The minimum atomic E-state index is -0.468. The fourth-order valence-corrected chi connectivity index (χ4v) is 5.42. The van der Waals surface area contributed by atoms with Gasteiger partial charge in [-0.15, -0.1) is 11.3 Å². The van der Waals surface area contributed by atoms with Crippen LogP contribution >= 0.6 is 11.3 Å². The number of nitrogens with zero attached hydrogens (tertiary/aromatic N) is 4. The van der Waals surface area contributed by atoms with Crippen LogP contribution in [-0.4, -0.2) is 38.0 Å². The van der Waals surface area contributed by atoms with E-state index in [2.05, 4.69) is 6.07 Å². The van der Waals surface area contributed by atoms with Gasteiger partial charge in [0.25, 0.3) is 5.56 Å². The maximum absolute atomic E-state index is 12.9. The van der Waals surface area contributed by atoms with Gasteiger partial charge < -0.3 is 4.90 Å². The third-order valence-corrected chi connectivity index (χ3v) is 7.34. The van der Waals surface area contributed by atoms with Gasteiger partial charge in [0.05, 0.1) is 21.8 Å². The highest BCUT2D eigenvalue weighted by Crippen LogP contribution is 2.33. The Bertz CT molecular complexity index is 1370. The van der Waals surface area contributed by atoms with Crippen molar-refractivity contribution in [2.24, 2.45) is 0 Å². The molecule has 5 rings (SSSR count). The zero-order chi connectivity index (χ0) is 22.8. The maximum atomic E-state index is 12.9. The Kier molecular flexibility index (Phi) is 5.92. The van der Waals surface area contributed by atoms with Gasteiger partial charge in [0.2, 0.25) is 5.91 Å². The predicted octanol–water partition coefficient (Wildman–Crippen LogP) is 3.07. The summed E-state index contributed by atoms with van der Waals surface area (Å²) in [7, 11) is 0. The molecule has 0 atom stereocenters. The minimum Gasteiger partial charge on any atom is -0.341 e. The lowest BCUT2D eigenvalue weighted by atomic mass is 9.97. The quantitative estimate of drug-likeness (QED) is 0.459. The summed E-state index contributed by atoms with van der Waals surface area (Å²) in [6.45, 7) is 1.30. The van der Waals surface area contributed by atoms with Crippen LogP contribution in [-0.2, 0) is 17.9 Å². The fraction of sp³-hybridized carbons (Fsp3) is 0.280. The average Bonchev–Trinajstić information content (AvgIpc) is 3.29. The number of amides is 1. The second-order valence-corrected chi connectivity index (χ2v) is 9.37. The molecule has 0 spiro atoms. The van der Waals surface area contributed by atoms with E-state index in [4.69, 9.17) is 4.98 Å². The average molecular weight is 461 g/mol. The molecule has 1 aliphatic heterocycles. The van der Waals surface area contributed by atoms with Crippen molar-refractivity contribution in [1.82, 2.24) is 19.0 Å². The van der Waals surface area contributed by atoms with E-state index in [9.17, 15) is 14.4 Å². The Morgan fingerprint density at radius 1 is 0.970 bits per heavy atom. The zero-order valence-corrected chi connectivity index (χ0v) is 18.9. The number of rotatable bonds is 5. The number of fused-ring (bicyclic) bond motifs is 1. The van der Waals surface area contributed by atoms with Gasteiger partial charge in [-0.2, -0.15) is 0 Å². The van der Waals surface area contributed by atoms with E-state index < -0.39 is 11.2 Å². The topological polar surface area (TPSA) is 77.2 Å². The molecule has 2 aromatic carbocycles. The molecule has 4 aromatic rings. The van der Waals surface area contributed by atoms with Crippen molar-refractivity contribution in [2.45, 2.75) is 31.8 Å². The van der Waals surface area contributed by atoms with Crippen LogP contribution in [0.4, 0.5) is 0 Å². The number of thiazole rings is 1. The molecule has 0 unspecified atom stereocenters. The van der Waals surface area contributed by atoms with E-state index in [0.29, 0.717) is 25.6 Å². The Labute approximate surface area is 194 Å². The van der Waals surface area contributed by atoms with Gasteiger partial charge in [0.15, 0.2) is 0 Å². The van der Waals surface area contributed by atoms with Gasteiger partial charge in [0.1, 0.15) is 6.54 Å². The molecule has 33 heavy (non-hydrogen) atoms. The van der Waals surface area contributed by atoms with Crippen molar-refractivity contribution in [1.29, 1.82) is 0 Å². The fourth-order valence-electron chi connectivity index (χ4n) is 4.28. The lowest BCUT2D eigenvalue weighted by molar-refractivity contribution is -0.133. The van der Waals surface area contributed by atoms with Gasteiger partial charge >= 0.3 is 5.69 Å². The number of aromatic nitrogens is 3.